The van der Waals surface area contributed by atoms with Gasteiger partial charge in [-0.25, -0.2) is 9.48 Å². The van der Waals surface area contributed by atoms with Crippen molar-refractivity contribution in [2.75, 3.05) is 6.54 Å². The van der Waals surface area contributed by atoms with Crippen molar-refractivity contribution in [1.82, 2.24) is 20.3 Å². The van der Waals surface area contributed by atoms with Gasteiger partial charge in [0.2, 0.25) is 5.91 Å². The van der Waals surface area contributed by atoms with Crippen LogP contribution in [0.15, 0.2) is 0 Å². The topological polar surface area (TPSA) is 97.1 Å². The van der Waals surface area contributed by atoms with E-state index in [-0.39, 0.29) is 17.5 Å². The molecule has 2 N–H and O–H groups in total. The molecule has 1 fully saturated rings. The number of aromatic nitrogens is 3. The van der Waals surface area contributed by atoms with Crippen molar-refractivity contribution in [2.24, 2.45) is 0 Å². The van der Waals surface area contributed by atoms with Gasteiger partial charge in [-0.1, -0.05) is 5.21 Å². The number of carboxylic acids is 1. The van der Waals surface area contributed by atoms with Crippen LogP contribution in [0.25, 0.3) is 0 Å². The molecule has 0 aliphatic heterocycles. The average molecular weight is 238 g/mol. The van der Waals surface area contributed by atoms with Gasteiger partial charge in [0.25, 0.3) is 0 Å². The highest BCUT2D eigenvalue weighted by Gasteiger charge is 2.33. The third-order valence-electron chi connectivity index (χ3n) is 2.64. The number of carbonyl (C=O) groups excluding carboxylic acids is 1. The number of rotatable bonds is 5. The van der Waals surface area contributed by atoms with Gasteiger partial charge >= 0.3 is 5.97 Å². The molecule has 17 heavy (non-hydrogen) atoms. The zero-order chi connectivity index (χ0) is 12.4. The molecule has 1 heterocycles. The summed E-state index contributed by atoms with van der Waals surface area (Å²) in [7, 11) is 0. The summed E-state index contributed by atoms with van der Waals surface area (Å²) in [4.78, 5) is 21.7. The van der Waals surface area contributed by atoms with Gasteiger partial charge in [0.05, 0.1) is 12.2 Å². The molecule has 7 nitrogen and oxygen atoms in total. The van der Waals surface area contributed by atoms with Crippen molar-refractivity contribution in [3.63, 3.8) is 0 Å². The van der Waals surface area contributed by atoms with Crippen molar-refractivity contribution < 1.29 is 14.7 Å². The Morgan fingerprint density at radius 1 is 1.53 bits per heavy atom. The first-order valence-corrected chi connectivity index (χ1v) is 5.50. The van der Waals surface area contributed by atoms with Gasteiger partial charge in [-0.2, -0.15) is 0 Å². The van der Waals surface area contributed by atoms with Gasteiger partial charge in [0.1, 0.15) is 0 Å². The Hall–Kier alpha value is -1.92. The Bertz CT molecular complexity index is 450. The van der Waals surface area contributed by atoms with Gasteiger partial charge in [0.15, 0.2) is 5.69 Å². The predicted octanol–water partition coefficient (Wildman–Crippen LogP) is -0.0102. The van der Waals surface area contributed by atoms with Crippen LogP contribution in [0, 0.1) is 0 Å². The number of hydrogen-bond acceptors (Lipinski definition) is 4. The van der Waals surface area contributed by atoms with E-state index in [1.54, 1.807) is 4.68 Å². The van der Waals surface area contributed by atoms with E-state index >= 15 is 0 Å². The first kappa shape index (κ1) is 11.6. The van der Waals surface area contributed by atoms with E-state index in [0.29, 0.717) is 18.8 Å². The summed E-state index contributed by atoms with van der Waals surface area (Å²) >= 11 is 0. The second kappa shape index (κ2) is 4.52. The Morgan fingerprint density at radius 2 is 2.24 bits per heavy atom. The van der Waals surface area contributed by atoms with E-state index < -0.39 is 5.97 Å². The van der Waals surface area contributed by atoms with Crippen LogP contribution in [0.5, 0.6) is 0 Å². The third-order valence-corrected chi connectivity index (χ3v) is 2.64. The number of nitrogens with zero attached hydrogens (tertiary/aromatic N) is 3. The fourth-order valence-corrected chi connectivity index (χ4v) is 1.74. The zero-order valence-corrected chi connectivity index (χ0v) is 9.51. The molecular formula is C10H14N4O3. The molecule has 1 aliphatic carbocycles. The minimum atomic E-state index is -1.04. The lowest BCUT2D eigenvalue weighted by molar-refractivity contribution is -0.119. The molecule has 0 aromatic carbocycles. The Labute approximate surface area is 97.8 Å². The van der Waals surface area contributed by atoms with Gasteiger partial charge in [-0.05, 0) is 12.8 Å². The monoisotopic (exact) mass is 238 g/mol. The summed E-state index contributed by atoms with van der Waals surface area (Å²) in [6.45, 7) is 2.31. The molecule has 1 saturated carbocycles. The first-order chi connectivity index (χ1) is 8.09. The van der Waals surface area contributed by atoms with E-state index in [2.05, 4.69) is 15.6 Å². The Morgan fingerprint density at radius 3 is 2.76 bits per heavy atom. The number of aromatic carboxylic acids is 1. The molecule has 2 rings (SSSR count). The molecule has 92 valence electrons. The summed E-state index contributed by atoms with van der Waals surface area (Å²) in [6.07, 6.45) is 1.96. The van der Waals surface area contributed by atoms with E-state index in [1.165, 1.54) is 6.92 Å². The smallest absolute Gasteiger partial charge is 0.358 e. The summed E-state index contributed by atoms with van der Waals surface area (Å²) in [6, 6.07) is 0. The predicted molar refractivity (Wildman–Crippen MR) is 57.6 cm³/mol. The molecule has 0 atom stereocenters. The summed E-state index contributed by atoms with van der Waals surface area (Å²) in [5.74, 6) is -0.900. The molecule has 0 unspecified atom stereocenters. The summed E-state index contributed by atoms with van der Waals surface area (Å²) in [5.41, 5.74) is 0.721. The minimum Gasteiger partial charge on any atom is -0.476 e. The number of carbonyl (C=O) groups is 2. The van der Waals surface area contributed by atoms with Crippen LogP contribution in [0.3, 0.4) is 0 Å². The highest BCUT2D eigenvalue weighted by molar-refractivity contribution is 5.86. The molecule has 1 amide bonds. The van der Waals surface area contributed by atoms with E-state index in [9.17, 15) is 9.59 Å². The van der Waals surface area contributed by atoms with Gasteiger partial charge < -0.3 is 10.4 Å². The van der Waals surface area contributed by atoms with Crippen LogP contribution < -0.4 is 5.32 Å². The average Bonchev–Trinajstić information content (AvgIpc) is 2.99. The van der Waals surface area contributed by atoms with Crippen LogP contribution in [-0.4, -0.2) is 38.5 Å². The number of carboxylic acid groups (broad SMARTS) is 1. The van der Waals surface area contributed by atoms with Crippen molar-refractivity contribution in [1.29, 1.82) is 0 Å². The zero-order valence-electron chi connectivity index (χ0n) is 9.51. The second-order valence-corrected chi connectivity index (χ2v) is 4.11. The van der Waals surface area contributed by atoms with Crippen molar-refractivity contribution in [2.45, 2.75) is 32.2 Å². The highest BCUT2D eigenvalue weighted by Crippen LogP contribution is 2.41. The fraction of sp³-hybridized carbons (Fsp3) is 0.600. The van der Waals surface area contributed by atoms with Gasteiger partial charge in [-0.3, -0.25) is 4.79 Å². The van der Waals surface area contributed by atoms with Crippen LogP contribution in [0.1, 0.15) is 41.9 Å². The maximum Gasteiger partial charge on any atom is 0.358 e. The number of hydrogen-bond donors (Lipinski definition) is 2. The lowest BCUT2D eigenvalue weighted by Crippen LogP contribution is -2.25. The van der Waals surface area contributed by atoms with E-state index in [4.69, 9.17) is 5.11 Å². The molecule has 0 saturated heterocycles. The second-order valence-electron chi connectivity index (χ2n) is 4.11. The Kier molecular flexibility index (Phi) is 3.08. The van der Waals surface area contributed by atoms with Crippen LogP contribution >= 0.6 is 0 Å². The van der Waals surface area contributed by atoms with Gasteiger partial charge in [-0.15, -0.1) is 5.10 Å². The molecular weight excluding hydrogens is 224 g/mol. The molecule has 0 radical (unpaired) electrons. The molecule has 1 aromatic rings. The third kappa shape index (κ3) is 2.61. The number of nitrogens with one attached hydrogen (secondary N) is 1. The molecule has 0 spiro atoms. The maximum absolute atomic E-state index is 11.0. The maximum atomic E-state index is 11.0. The van der Waals surface area contributed by atoms with Crippen molar-refractivity contribution in [3.05, 3.63) is 11.4 Å². The lowest BCUT2D eigenvalue weighted by Gasteiger charge is -2.06. The van der Waals surface area contributed by atoms with E-state index in [1.807, 2.05) is 0 Å². The summed E-state index contributed by atoms with van der Waals surface area (Å²) in [5, 5.41) is 19.1. The number of amides is 1. The minimum absolute atomic E-state index is 0.0373. The lowest BCUT2D eigenvalue weighted by atomic mass is 10.2. The van der Waals surface area contributed by atoms with Crippen molar-refractivity contribution >= 4 is 11.9 Å². The van der Waals surface area contributed by atoms with Crippen LogP contribution in [0.2, 0.25) is 0 Å². The standard InChI is InChI=1S/C10H14N4O3/c1-6(15)11-4-5-14-9(7-2-3-7)8(10(16)17)12-13-14/h7H,2-5H2,1H3,(H,11,15)(H,16,17). The molecule has 0 bridgehead atoms. The normalized spacial score (nSPS) is 14.6. The van der Waals surface area contributed by atoms with E-state index in [0.717, 1.165) is 12.8 Å². The van der Waals surface area contributed by atoms with Crippen molar-refractivity contribution in [3.8, 4) is 0 Å². The molecule has 7 heteroatoms. The fourth-order valence-electron chi connectivity index (χ4n) is 1.74. The largest absolute Gasteiger partial charge is 0.476 e. The highest BCUT2D eigenvalue weighted by atomic mass is 16.4. The molecule has 1 aliphatic rings. The quantitative estimate of drug-likeness (QED) is 0.752. The van der Waals surface area contributed by atoms with Crippen LogP contribution in [-0.2, 0) is 11.3 Å². The van der Waals surface area contributed by atoms with Gasteiger partial charge in [0, 0.05) is 19.4 Å². The summed E-state index contributed by atoms with van der Waals surface area (Å²) < 4.78 is 1.58. The van der Waals surface area contributed by atoms with Crippen LogP contribution in [0.4, 0.5) is 0 Å². The first-order valence-electron chi connectivity index (χ1n) is 5.50. The Balaban J connectivity index is 2.11. The SMILES string of the molecule is CC(=O)NCCn1nnc(C(=O)O)c1C1CC1. The molecule has 1 aromatic heterocycles.